The van der Waals surface area contributed by atoms with E-state index in [1.807, 2.05) is 5.38 Å². The Labute approximate surface area is 91.1 Å². The summed E-state index contributed by atoms with van der Waals surface area (Å²) in [7, 11) is 0. The molecule has 0 bridgehead atoms. The molecular formula is C11H9NO2S. The highest BCUT2D eigenvalue weighted by molar-refractivity contribution is 7.12. The number of benzene rings is 1. The van der Waals surface area contributed by atoms with Crippen molar-refractivity contribution in [3.63, 3.8) is 0 Å². The minimum Gasteiger partial charge on any atom is -0.422 e. The summed E-state index contributed by atoms with van der Waals surface area (Å²) in [5.74, 6) is 0.115. The molecule has 15 heavy (non-hydrogen) atoms. The van der Waals surface area contributed by atoms with Crippen LogP contribution in [0.4, 0.5) is 5.69 Å². The lowest BCUT2D eigenvalue weighted by molar-refractivity contribution is 0.0740. The number of carbonyl (C=O) groups is 1. The maximum absolute atomic E-state index is 11.5. The quantitative estimate of drug-likeness (QED) is 0.479. The van der Waals surface area contributed by atoms with Crippen LogP contribution in [0, 0.1) is 0 Å². The van der Waals surface area contributed by atoms with Crippen LogP contribution < -0.4 is 10.5 Å². The van der Waals surface area contributed by atoms with Crippen molar-refractivity contribution in [1.29, 1.82) is 0 Å². The molecule has 0 saturated carbocycles. The third kappa shape index (κ3) is 2.35. The zero-order valence-electron chi connectivity index (χ0n) is 7.84. The van der Waals surface area contributed by atoms with E-state index in [-0.39, 0.29) is 5.97 Å². The Hall–Kier alpha value is -1.81. The van der Waals surface area contributed by atoms with Gasteiger partial charge in [-0.2, -0.15) is 0 Å². The Morgan fingerprint density at radius 1 is 1.27 bits per heavy atom. The second-order valence-electron chi connectivity index (χ2n) is 2.94. The predicted molar refractivity (Wildman–Crippen MR) is 60.1 cm³/mol. The fourth-order valence-corrected chi connectivity index (χ4v) is 1.73. The maximum atomic E-state index is 11.5. The number of carbonyl (C=O) groups excluding carboxylic acids is 1. The van der Waals surface area contributed by atoms with Crippen LogP contribution >= 0.6 is 11.3 Å². The van der Waals surface area contributed by atoms with Crippen LogP contribution in [-0.4, -0.2) is 5.97 Å². The van der Waals surface area contributed by atoms with Crippen molar-refractivity contribution in [2.75, 3.05) is 5.73 Å². The van der Waals surface area contributed by atoms with Gasteiger partial charge < -0.3 is 10.5 Å². The van der Waals surface area contributed by atoms with Crippen molar-refractivity contribution < 1.29 is 9.53 Å². The average molecular weight is 219 g/mol. The smallest absolute Gasteiger partial charge is 0.353 e. The zero-order chi connectivity index (χ0) is 10.7. The molecule has 0 spiro atoms. The Balaban J connectivity index is 2.13. The Morgan fingerprint density at radius 2 is 2.13 bits per heavy atom. The molecule has 4 heteroatoms. The van der Waals surface area contributed by atoms with Crippen molar-refractivity contribution in [1.82, 2.24) is 0 Å². The van der Waals surface area contributed by atoms with E-state index in [4.69, 9.17) is 10.5 Å². The van der Waals surface area contributed by atoms with Gasteiger partial charge in [0.15, 0.2) is 0 Å². The number of ether oxygens (including phenoxy) is 1. The summed E-state index contributed by atoms with van der Waals surface area (Å²) in [6.07, 6.45) is 0. The number of nitrogens with two attached hydrogens (primary N) is 1. The van der Waals surface area contributed by atoms with Gasteiger partial charge in [-0.25, -0.2) is 4.79 Å². The lowest BCUT2D eigenvalue weighted by Gasteiger charge is -2.02. The SMILES string of the molecule is Nc1cccc(OC(=O)c2cccs2)c1. The van der Waals surface area contributed by atoms with E-state index in [1.54, 1.807) is 36.4 Å². The van der Waals surface area contributed by atoms with Gasteiger partial charge in [0.25, 0.3) is 0 Å². The summed E-state index contributed by atoms with van der Waals surface area (Å²) in [5.41, 5.74) is 6.14. The summed E-state index contributed by atoms with van der Waals surface area (Å²) >= 11 is 1.35. The van der Waals surface area contributed by atoms with Crippen molar-refractivity contribution in [3.05, 3.63) is 46.7 Å². The highest BCUT2D eigenvalue weighted by Gasteiger charge is 2.08. The Kier molecular flexibility index (Phi) is 2.69. The van der Waals surface area contributed by atoms with Crippen molar-refractivity contribution in [2.24, 2.45) is 0 Å². The molecule has 1 aromatic heterocycles. The Bertz CT molecular complexity index is 465. The normalized spacial score (nSPS) is 9.87. The second kappa shape index (κ2) is 4.14. The molecule has 0 saturated heterocycles. The molecule has 0 aliphatic carbocycles. The van der Waals surface area contributed by atoms with Gasteiger partial charge in [-0.05, 0) is 23.6 Å². The topological polar surface area (TPSA) is 52.3 Å². The van der Waals surface area contributed by atoms with Crippen molar-refractivity contribution in [2.45, 2.75) is 0 Å². The first-order chi connectivity index (χ1) is 7.25. The summed E-state index contributed by atoms with van der Waals surface area (Å²) in [6, 6.07) is 10.3. The molecule has 0 atom stereocenters. The van der Waals surface area contributed by atoms with Gasteiger partial charge >= 0.3 is 5.97 Å². The van der Waals surface area contributed by atoms with E-state index in [0.29, 0.717) is 16.3 Å². The van der Waals surface area contributed by atoms with E-state index in [2.05, 4.69) is 0 Å². The standard InChI is InChI=1S/C11H9NO2S/c12-8-3-1-4-9(7-8)14-11(13)10-5-2-6-15-10/h1-7H,12H2. The molecule has 0 aliphatic rings. The molecular weight excluding hydrogens is 210 g/mol. The zero-order valence-corrected chi connectivity index (χ0v) is 8.66. The molecule has 2 aromatic rings. The average Bonchev–Trinajstić information content (AvgIpc) is 2.70. The highest BCUT2D eigenvalue weighted by Crippen LogP contribution is 2.17. The molecule has 3 nitrogen and oxygen atoms in total. The minimum atomic E-state index is -0.351. The molecule has 0 amide bonds. The van der Waals surface area contributed by atoms with E-state index >= 15 is 0 Å². The van der Waals surface area contributed by atoms with Crippen LogP contribution in [0.2, 0.25) is 0 Å². The molecule has 1 aromatic carbocycles. The van der Waals surface area contributed by atoms with Crippen molar-refractivity contribution >= 4 is 23.0 Å². The monoisotopic (exact) mass is 219 g/mol. The number of esters is 1. The second-order valence-corrected chi connectivity index (χ2v) is 3.89. The van der Waals surface area contributed by atoms with Crippen LogP contribution in [0.25, 0.3) is 0 Å². The summed E-state index contributed by atoms with van der Waals surface area (Å²) < 4.78 is 5.13. The number of thiophene rings is 1. The summed E-state index contributed by atoms with van der Waals surface area (Å²) in [6.45, 7) is 0. The minimum absolute atomic E-state index is 0.351. The highest BCUT2D eigenvalue weighted by atomic mass is 32.1. The predicted octanol–water partition coefficient (Wildman–Crippen LogP) is 2.55. The molecule has 2 N–H and O–H groups in total. The van der Waals surface area contributed by atoms with Crippen LogP contribution in [-0.2, 0) is 0 Å². The third-order valence-corrected chi connectivity index (χ3v) is 2.64. The number of nitrogen functional groups attached to an aromatic ring is 1. The van der Waals surface area contributed by atoms with E-state index in [9.17, 15) is 4.79 Å². The summed E-state index contributed by atoms with van der Waals surface area (Å²) in [4.78, 5) is 12.1. The van der Waals surface area contributed by atoms with E-state index in [1.165, 1.54) is 11.3 Å². The summed E-state index contributed by atoms with van der Waals surface area (Å²) in [5, 5.41) is 1.83. The molecule has 1 heterocycles. The van der Waals surface area contributed by atoms with Gasteiger partial charge in [0, 0.05) is 11.8 Å². The lowest BCUT2D eigenvalue weighted by atomic mass is 10.3. The molecule has 0 radical (unpaired) electrons. The third-order valence-electron chi connectivity index (χ3n) is 1.79. The molecule has 0 fully saturated rings. The molecule has 2 rings (SSSR count). The number of hydrogen-bond acceptors (Lipinski definition) is 4. The van der Waals surface area contributed by atoms with Gasteiger partial charge in [-0.15, -0.1) is 11.3 Å². The largest absolute Gasteiger partial charge is 0.422 e. The van der Waals surface area contributed by atoms with Crippen LogP contribution in [0.1, 0.15) is 9.67 Å². The van der Waals surface area contributed by atoms with Gasteiger partial charge in [-0.3, -0.25) is 0 Å². The first-order valence-electron chi connectivity index (χ1n) is 4.37. The van der Waals surface area contributed by atoms with Crippen LogP contribution in [0.15, 0.2) is 41.8 Å². The van der Waals surface area contributed by atoms with Gasteiger partial charge in [-0.1, -0.05) is 12.1 Å². The van der Waals surface area contributed by atoms with Gasteiger partial charge in [0.2, 0.25) is 0 Å². The van der Waals surface area contributed by atoms with E-state index < -0.39 is 0 Å². The van der Waals surface area contributed by atoms with E-state index in [0.717, 1.165) is 0 Å². The number of anilines is 1. The molecule has 76 valence electrons. The molecule has 0 aliphatic heterocycles. The van der Waals surface area contributed by atoms with Gasteiger partial charge in [0.1, 0.15) is 10.6 Å². The first kappa shape index (κ1) is 9.73. The molecule has 0 unspecified atom stereocenters. The Morgan fingerprint density at radius 3 is 2.80 bits per heavy atom. The lowest BCUT2D eigenvalue weighted by Crippen LogP contribution is -2.06. The fraction of sp³-hybridized carbons (Fsp3) is 0. The van der Waals surface area contributed by atoms with Crippen molar-refractivity contribution in [3.8, 4) is 5.75 Å². The number of rotatable bonds is 2. The fourth-order valence-electron chi connectivity index (χ4n) is 1.13. The maximum Gasteiger partial charge on any atom is 0.353 e. The number of hydrogen-bond donors (Lipinski definition) is 1. The first-order valence-corrected chi connectivity index (χ1v) is 5.25. The van der Waals surface area contributed by atoms with Crippen LogP contribution in [0.5, 0.6) is 5.75 Å². The van der Waals surface area contributed by atoms with Crippen LogP contribution in [0.3, 0.4) is 0 Å². The van der Waals surface area contributed by atoms with Gasteiger partial charge in [0.05, 0.1) is 0 Å².